The van der Waals surface area contributed by atoms with E-state index in [1.54, 1.807) is 5.30 Å². The summed E-state index contributed by atoms with van der Waals surface area (Å²) in [5, 5.41) is 1.60. The van der Waals surface area contributed by atoms with Crippen molar-refractivity contribution in [3.8, 4) is 0 Å². The van der Waals surface area contributed by atoms with Crippen molar-refractivity contribution in [1.29, 1.82) is 0 Å². The second-order valence-electron chi connectivity index (χ2n) is 7.70. The van der Waals surface area contributed by atoms with Gasteiger partial charge in [-0.2, -0.15) is 9.34 Å². The minimum Gasteiger partial charge on any atom is -0.159 e. The van der Waals surface area contributed by atoms with Crippen molar-refractivity contribution in [1.82, 2.24) is 9.34 Å². The van der Waals surface area contributed by atoms with Gasteiger partial charge in [0.1, 0.15) is 5.30 Å². The lowest BCUT2D eigenvalue weighted by molar-refractivity contribution is 0.354. The molecule has 1 aromatic rings. The van der Waals surface area contributed by atoms with E-state index in [-0.39, 0.29) is 0 Å². The van der Waals surface area contributed by atoms with Crippen LogP contribution in [-0.2, 0) is 0 Å². The van der Waals surface area contributed by atoms with E-state index in [0.29, 0.717) is 0 Å². The molecule has 0 atom stereocenters. The van der Waals surface area contributed by atoms with Crippen LogP contribution in [0.25, 0.3) is 0 Å². The molecular formula is C24H46N2P+. The Morgan fingerprint density at radius 1 is 0.593 bits per heavy atom. The summed E-state index contributed by atoms with van der Waals surface area (Å²) in [6.45, 7) is 16.8. The van der Waals surface area contributed by atoms with Crippen molar-refractivity contribution in [2.24, 2.45) is 0 Å². The minimum absolute atomic E-state index is 1.25. The molecular weight excluding hydrogens is 347 g/mol. The van der Waals surface area contributed by atoms with Gasteiger partial charge < -0.3 is 0 Å². The largest absolute Gasteiger partial charge is 0.185 e. The van der Waals surface area contributed by atoms with Gasteiger partial charge in [0.25, 0.3) is 0 Å². The van der Waals surface area contributed by atoms with Crippen LogP contribution >= 0.6 is 7.56 Å². The Bertz CT molecular complexity index is 427. The summed E-state index contributed by atoms with van der Waals surface area (Å²) in [6.07, 6.45) is 11.6. The van der Waals surface area contributed by atoms with E-state index >= 15 is 0 Å². The van der Waals surface area contributed by atoms with Gasteiger partial charge in [-0.05, 0) is 44.7 Å². The van der Waals surface area contributed by atoms with Gasteiger partial charge in [-0.1, -0.05) is 71.6 Å². The third-order valence-electron chi connectivity index (χ3n) is 5.63. The van der Waals surface area contributed by atoms with Gasteiger partial charge in [0.15, 0.2) is 7.56 Å². The quantitative estimate of drug-likeness (QED) is 0.279. The molecule has 0 heterocycles. The summed E-state index contributed by atoms with van der Waals surface area (Å²) >= 11 is 0. The maximum absolute atomic E-state index is 2.95. The Balaban J connectivity index is 3.39. The van der Waals surface area contributed by atoms with Crippen molar-refractivity contribution in [3.05, 3.63) is 30.3 Å². The highest BCUT2D eigenvalue weighted by molar-refractivity contribution is 7.78. The molecule has 156 valence electrons. The van der Waals surface area contributed by atoms with Crippen LogP contribution in [0.1, 0.15) is 86.0 Å². The number of unbranched alkanes of at least 4 members (excludes halogenated alkanes) is 4. The van der Waals surface area contributed by atoms with E-state index in [1.165, 1.54) is 83.7 Å². The molecule has 0 N–H and O–H groups in total. The summed E-state index contributed by atoms with van der Waals surface area (Å²) in [6, 6.07) is 11.5. The van der Waals surface area contributed by atoms with Crippen LogP contribution < -0.4 is 5.30 Å². The van der Waals surface area contributed by atoms with E-state index in [4.69, 9.17) is 0 Å². The molecule has 1 aromatic carbocycles. The molecule has 0 aliphatic carbocycles. The van der Waals surface area contributed by atoms with Crippen LogP contribution in [0.15, 0.2) is 30.3 Å². The van der Waals surface area contributed by atoms with Crippen LogP contribution in [0.3, 0.4) is 0 Å². The zero-order chi connectivity index (χ0) is 20.0. The van der Waals surface area contributed by atoms with Crippen molar-refractivity contribution in [2.75, 3.05) is 32.3 Å². The Labute approximate surface area is 171 Å². The van der Waals surface area contributed by atoms with Gasteiger partial charge in [-0.15, -0.1) is 0 Å². The molecule has 0 radical (unpaired) electrons. The predicted octanol–water partition coefficient (Wildman–Crippen LogP) is 6.98. The average Bonchev–Trinajstić information content (AvgIpc) is 2.72. The molecule has 0 amide bonds. The first-order valence-electron chi connectivity index (χ1n) is 11.7. The Hall–Kier alpha value is -0.430. The van der Waals surface area contributed by atoms with Crippen molar-refractivity contribution in [3.63, 3.8) is 0 Å². The average molecular weight is 394 g/mol. The summed E-state index contributed by atoms with van der Waals surface area (Å²) < 4.78 is 5.89. The first-order chi connectivity index (χ1) is 13.2. The molecule has 0 saturated carbocycles. The highest BCUT2D eigenvalue weighted by Crippen LogP contribution is 2.63. The highest BCUT2D eigenvalue weighted by atomic mass is 31.2. The Kier molecular flexibility index (Phi) is 13.3. The summed E-state index contributed by atoms with van der Waals surface area (Å²) in [5.74, 6) is 0. The van der Waals surface area contributed by atoms with E-state index in [2.05, 4.69) is 74.3 Å². The second kappa shape index (κ2) is 14.6. The minimum atomic E-state index is -1.50. The second-order valence-corrected chi connectivity index (χ2v) is 11.4. The first kappa shape index (κ1) is 24.6. The normalized spacial score (nSPS) is 12.3. The van der Waals surface area contributed by atoms with Crippen LogP contribution in [0, 0.1) is 0 Å². The zero-order valence-electron chi connectivity index (χ0n) is 18.9. The lowest BCUT2D eigenvalue weighted by Gasteiger charge is -2.43. The van der Waals surface area contributed by atoms with Crippen molar-refractivity contribution >= 4 is 12.9 Å². The fourth-order valence-corrected chi connectivity index (χ4v) is 8.72. The van der Waals surface area contributed by atoms with Gasteiger partial charge >= 0.3 is 0 Å². The summed E-state index contributed by atoms with van der Waals surface area (Å²) in [4.78, 5) is 0. The molecule has 0 aromatic heterocycles. The maximum Gasteiger partial charge on any atom is 0.185 e. The van der Waals surface area contributed by atoms with Gasteiger partial charge in [0, 0.05) is 26.2 Å². The SMILES string of the molecule is CCCCN(CCCC)[P+](CC)(c1ccccc1)N(CCCC)CCCC. The Morgan fingerprint density at radius 3 is 1.26 bits per heavy atom. The molecule has 0 saturated heterocycles. The molecule has 0 spiro atoms. The molecule has 0 aliphatic heterocycles. The monoisotopic (exact) mass is 393 g/mol. The number of hydrogen-bond acceptors (Lipinski definition) is 2. The van der Waals surface area contributed by atoms with Crippen LogP contribution in [0.5, 0.6) is 0 Å². The van der Waals surface area contributed by atoms with E-state index < -0.39 is 7.56 Å². The third kappa shape index (κ3) is 7.15. The fraction of sp³-hybridized carbons (Fsp3) is 0.750. The highest BCUT2D eigenvalue weighted by Gasteiger charge is 2.50. The van der Waals surface area contributed by atoms with Crippen molar-refractivity contribution < 1.29 is 0 Å². The van der Waals surface area contributed by atoms with Crippen LogP contribution in [-0.4, -0.2) is 41.7 Å². The van der Waals surface area contributed by atoms with E-state index in [9.17, 15) is 0 Å². The van der Waals surface area contributed by atoms with Gasteiger partial charge in [0.05, 0.1) is 6.16 Å². The molecule has 27 heavy (non-hydrogen) atoms. The molecule has 3 heteroatoms. The molecule has 0 fully saturated rings. The summed E-state index contributed by atoms with van der Waals surface area (Å²) in [5.41, 5.74) is 0. The van der Waals surface area contributed by atoms with E-state index in [1.807, 2.05) is 0 Å². The predicted molar refractivity (Wildman–Crippen MR) is 126 cm³/mol. The van der Waals surface area contributed by atoms with E-state index in [0.717, 1.165) is 0 Å². The van der Waals surface area contributed by atoms with Crippen LogP contribution in [0.2, 0.25) is 0 Å². The molecule has 0 unspecified atom stereocenters. The van der Waals surface area contributed by atoms with Crippen LogP contribution in [0.4, 0.5) is 0 Å². The van der Waals surface area contributed by atoms with Crippen molar-refractivity contribution in [2.45, 2.75) is 86.0 Å². The lowest BCUT2D eigenvalue weighted by Crippen LogP contribution is -2.44. The zero-order valence-corrected chi connectivity index (χ0v) is 19.8. The third-order valence-corrected chi connectivity index (χ3v) is 10.3. The van der Waals surface area contributed by atoms with Gasteiger partial charge in [-0.3, -0.25) is 0 Å². The molecule has 0 bridgehead atoms. The smallest absolute Gasteiger partial charge is 0.159 e. The molecule has 0 aliphatic rings. The fourth-order valence-electron chi connectivity index (χ4n) is 4.00. The first-order valence-corrected chi connectivity index (χ1v) is 13.5. The molecule has 2 nitrogen and oxygen atoms in total. The number of benzene rings is 1. The lowest BCUT2D eigenvalue weighted by atomic mass is 10.3. The topological polar surface area (TPSA) is 6.48 Å². The number of nitrogens with zero attached hydrogens (tertiary/aromatic N) is 2. The standard InChI is InChI=1S/C24H46N2P/c1-6-11-20-25(21-12-7-2)27(10-5,24-18-16-15-17-19-24)26(22-13-8-3)23-14-9-4/h15-19H,6-14,20-23H2,1-5H3/q+1. The number of hydrogen-bond donors (Lipinski definition) is 0. The number of rotatable bonds is 16. The maximum atomic E-state index is 2.95. The Morgan fingerprint density at radius 2 is 0.963 bits per heavy atom. The van der Waals surface area contributed by atoms with Gasteiger partial charge in [-0.25, -0.2) is 0 Å². The molecule has 1 rings (SSSR count). The van der Waals surface area contributed by atoms with Gasteiger partial charge in [0.2, 0.25) is 0 Å². The summed E-state index contributed by atoms with van der Waals surface area (Å²) in [7, 11) is -1.50.